The second kappa shape index (κ2) is 10.8. The van der Waals surface area contributed by atoms with Crippen molar-refractivity contribution in [2.75, 3.05) is 31.1 Å². The first-order valence-electron chi connectivity index (χ1n) is 13.0. The van der Waals surface area contributed by atoms with E-state index in [1.165, 1.54) is 18.2 Å². The molecule has 2 atom stereocenters. The zero-order valence-electron chi connectivity index (χ0n) is 22.5. The summed E-state index contributed by atoms with van der Waals surface area (Å²) in [6, 6.07) is 7.41. The third-order valence-corrected chi connectivity index (χ3v) is 8.92. The van der Waals surface area contributed by atoms with Gasteiger partial charge in [-0.05, 0) is 62.8 Å². The maximum absolute atomic E-state index is 14.5. The lowest BCUT2D eigenvalue weighted by molar-refractivity contribution is 0.0979. The summed E-state index contributed by atoms with van der Waals surface area (Å²) in [5, 5.41) is 0. The van der Waals surface area contributed by atoms with Gasteiger partial charge >= 0.3 is 10.2 Å². The van der Waals surface area contributed by atoms with E-state index >= 15 is 0 Å². The van der Waals surface area contributed by atoms with E-state index < -0.39 is 28.1 Å². The van der Waals surface area contributed by atoms with Gasteiger partial charge in [0.05, 0.1) is 17.9 Å². The van der Waals surface area contributed by atoms with Crippen molar-refractivity contribution < 1.29 is 26.7 Å². The number of alkyl halides is 1. The van der Waals surface area contributed by atoms with E-state index in [9.17, 15) is 22.0 Å². The van der Waals surface area contributed by atoms with E-state index in [4.69, 9.17) is 9.72 Å². The van der Waals surface area contributed by atoms with Crippen molar-refractivity contribution in [2.45, 2.75) is 59.2 Å². The molecule has 0 saturated carbocycles. The highest BCUT2D eigenvalue weighted by atomic mass is 32.2. The summed E-state index contributed by atoms with van der Waals surface area (Å²) in [5.41, 5.74) is 0.594. The van der Waals surface area contributed by atoms with Crippen molar-refractivity contribution in [3.8, 4) is 17.0 Å². The number of nitrogens with one attached hydrogen (secondary N) is 1. The van der Waals surface area contributed by atoms with Crippen LogP contribution in [0.1, 0.15) is 57.8 Å². The molecule has 1 N–H and O–H groups in total. The molecule has 8 nitrogen and oxygen atoms in total. The Morgan fingerprint density at radius 2 is 1.95 bits per heavy atom. The van der Waals surface area contributed by atoms with Crippen LogP contribution in [0, 0.1) is 17.7 Å². The van der Waals surface area contributed by atoms with Crippen LogP contribution in [0.15, 0.2) is 30.3 Å². The average Bonchev–Trinajstić information content (AvgIpc) is 3.39. The number of benzene rings is 1. The second-order valence-electron chi connectivity index (χ2n) is 11.1. The molecule has 208 valence electrons. The van der Waals surface area contributed by atoms with Gasteiger partial charge < -0.3 is 9.64 Å². The largest absolute Gasteiger partial charge is 0.493 e. The minimum atomic E-state index is -4.23. The molecule has 11 heteroatoms. The number of nitrogens with zero attached hydrogens (tertiary/aromatic N) is 3. The Morgan fingerprint density at radius 1 is 1.21 bits per heavy atom. The number of ether oxygens (including phenoxy) is 1. The molecule has 2 saturated heterocycles. The lowest BCUT2D eigenvalue weighted by atomic mass is 9.90. The third-order valence-electron chi connectivity index (χ3n) is 7.47. The Balaban J connectivity index is 1.73. The Labute approximate surface area is 223 Å². The van der Waals surface area contributed by atoms with Crippen LogP contribution >= 0.6 is 0 Å². The standard InChI is InChI=1S/C27H36F2N4O4S/c1-17(2)16-37-22-13-19(12-21(29)14-22)24-7-6-23(25(30-24)33-11-8-18(3)27(33,4)5)26(34)31-38(35,36)32-10-9-20(28)15-32/h6-7,12-14,17-18,20H,8-11,15-16H2,1-5H3,(H,31,34)/t18?,20-/m0/s1. The van der Waals surface area contributed by atoms with Gasteiger partial charge in [0.1, 0.15) is 23.6 Å². The summed E-state index contributed by atoms with van der Waals surface area (Å²) in [7, 11) is -4.23. The highest BCUT2D eigenvalue weighted by Crippen LogP contribution is 2.39. The Morgan fingerprint density at radius 3 is 2.55 bits per heavy atom. The van der Waals surface area contributed by atoms with Gasteiger partial charge in [-0.3, -0.25) is 4.79 Å². The number of carbonyl (C=O) groups excluding carboxylic acids is 1. The summed E-state index contributed by atoms with van der Waals surface area (Å²) in [6.45, 7) is 10.9. The summed E-state index contributed by atoms with van der Waals surface area (Å²) >= 11 is 0. The van der Waals surface area contributed by atoms with Crippen LogP contribution in [0.2, 0.25) is 0 Å². The minimum Gasteiger partial charge on any atom is -0.493 e. The molecule has 1 aromatic carbocycles. The zero-order valence-corrected chi connectivity index (χ0v) is 23.3. The topological polar surface area (TPSA) is 91.8 Å². The van der Waals surface area contributed by atoms with E-state index in [1.807, 2.05) is 32.6 Å². The van der Waals surface area contributed by atoms with Gasteiger partial charge in [0.2, 0.25) is 0 Å². The number of anilines is 1. The molecule has 0 spiro atoms. The first-order valence-corrected chi connectivity index (χ1v) is 14.4. The van der Waals surface area contributed by atoms with Gasteiger partial charge in [-0.15, -0.1) is 0 Å². The number of rotatable bonds is 8. The molecule has 38 heavy (non-hydrogen) atoms. The highest BCUT2D eigenvalue weighted by Gasteiger charge is 2.41. The molecule has 1 aromatic heterocycles. The summed E-state index contributed by atoms with van der Waals surface area (Å²) in [5.74, 6) is -0.110. The van der Waals surface area contributed by atoms with Crippen LogP contribution in [-0.2, 0) is 10.2 Å². The van der Waals surface area contributed by atoms with Crippen LogP contribution in [0.5, 0.6) is 5.75 Å². The molecule has 0 aliphatic carbocycles. The maximum atomic E-state index is 14.5. The van der Waals surface area contributed by atoms with Gasteiger partial charge in [0.25, 0.3) is 5.91 Å². The highest BCUT2D eigenvalue weighted by molar-refractivity contribution is 7.87. The number of hydrogen-bond acceptors (Lipinski definition) is 6. The summed E-state index contributed by atoms with van der Waals surface area (Å²) in [6.07, 6.45) is -0.310. The predicted octanol–water partition coefficient (Wildman–Crippen LogP) is 4.57. The molecule has 2 fully saturated rings. The first-order chi connectivity index (χ1) is 17.8. The van der Waals surface area contributed by atoms with Crippen molar-refractivity contribution in [3.05, 3.63) is 41.7 Å². The van der Waals surface area contributed by atoms with Gasteiger partial charge in [-0.25, -0.2) is 18.5 Å². The van der Waals surface area contributed by atoms with E-state index in [2.05, 4.69) is 11.6 Å². The van der Waals surface area contributed by atoms with Gasteiger partial charge in [-0.2, -0.15) is 12.7 Å². The van der Waals surface area contributed by atoms with Crippen molar-refractivity contribution in [1.82, 2.24) is 14.0 Å². The molecule has 0 bridgehead atoms. The average molecular weight is 551 g/mol. The molecule has 4 rings (SSSR count). The monoisotopic (exact) mass is 550 g/mol. The summed E-state index contributed by atoms with van der Waals surface area (Å²) < 4.78 is 62.4. The number of pyridine rings is 1. The minimum absolute atomic E-state index is 0.00524. The van der Waals surface area contributed by atoms with Crippen molar-refractivity contribution in [3.63, 3.8) is 0 Å². The number of halogens is 2. The zero-order chi connectivity index (χ0) is 27.8. The smallest absolute Gasteiger partial charge is 0.304 e. The Kier molecular flexibility index (Phi) is 7.99. The maximum Gasteiger partial charge on any atom is 0.304 e. The first kappa shape index (κ1) is 28.2. The van der Waals surface area contributed by atoms with E-state index in [-0.39, 0.29) is 42.4 Å². The van der Waals surface area contributed by atoms with Crippen molar-refractivity contribution >= 4 is 21.9 Å². The number of hydrogen-bond donors (Lipinski definition) is 1. The van der Waals surface area contributed by atoms with Crippen LogP contribution in [0.25, 0.3) is 11.3 Å². The molecule has 2 aliphatic rings. The molecular formula is C27H36F2N4O4S. The SMILES string of the molecule is CC(C)COc1cc(F)cc(-c2ccc(C(=O)NS(=O)(=O)N3CC[C@H](F)C3)c(N3CCC(C)C3(C)C)n2)c1. The second-order valence-corrected chi connectivity index (χ2v) is 12.8. The molecule has 0 radical (unpaired) electrons. The molecular weight excluding hydrogens is 514 g/mol. The fourth-order valence-electron chi connectivity index (χ4n) is 4.80. The summed E-state index contributed by atoms with van der Waals surface area (Å²) in [4.78, 5) is 20.1. The molecule has 2 aliphatic heterocycles. The molecule has 2 aromatic rings. The van der Waals surface area contributed by atoms with Crippen molar-refractivity contribution in [2.24, 2.45) is 11.8 Å². The lowest BCUT2D eigenvalue weighted by Crippen LogP contribution is -2.45. The van der Waals surface area contributed by atoms with E-state index in [1.54, 1.807) is 12.1 Å². The fraction of sp³-hybridized carbons (Fsp3) is 0.556. The Hall–Kier alpha value is -2.79. The number of carbonyl (C=O) groups is 1. The molecule has 3 heterocycles. The van der Waals surface area contributed by atoms with E-state index in [0.717, 1.165) is 10.7 Å². The Bertz CT molecular complexity index is 1300. The fourth-order valence-corrected chi connectivity index (χ4v) is 5.98. The molecule has 1 unspecified atom stereocenters. The molecule has 1 amide bonds. The van der Waals surface area contributed by atoms with Crippen LogP contribution in [-0.4, -0.2) is 61.6 Å². The normalized spacial score (nSPS) is 21.7. The van der Waals surface area contributed by atoms with Crippen molar-refractivity contribution in [1.29, 1.82) is 0 Å². The van der Waals surface area contributed by atoms with Crippen LogP contribution in [0.3, 0.4) is 0 Å². The number of amides is 1. The lowest BCUT2D eigenvalue weighted by Gasteiger charge is -2.36. The quantitative estimate of drug-likeness (QED) is 0.518. The number of aromatic nitrogens is 1. The van der Waals surface area contributed by atoms with E-state index in [0.29, 0.717) is 36.0 Å². The third kappa shape index (κ3) is 5.93. The van der Waals surface area contributed by atoms with Gasteiger partial charge in [0.15, 0.2) is 0 Å². The van der Waals surface area contributed by atoms with Crippen LogP contribution in [0.4, 0.5) is 14.6 Å². The van der Waals surface area contributed by atoms with Gasteiger partial charge in [0, 0.05) is 36.8 Å². The van der Waals surface area contributed by atoms with Gasteiger partial charge in [-0.1, -0.05) is 20.8 Å². The predicted molar refractivity (Wildman–Crippen MR) is 143 cm³/mol. The van der Waals surface area contributed by atoms with Crippen LogP contribution < -0.4 is 14.4 Å².